The highest BCUT2D eigenvalue weighted by atomic mass is 32.2. The molecular weight excluding hydrogens is 448 g/mol. The standard InChI is InChI=1S/C19H13F6N3S2/c1-3-29-15-10-5-4-9(18(20,21)22)6-13(10)30-16(15)17-27-11-7-14(19(23,24)25)26-8-12(11)28(17)2/h4-8H,3H2,1-2H3. The molecule has 0 aliphatic carbocycles. The van der Waals surface area contributed by atoms with E-state index in [-0.39, 0.29) is 5.52 Å². The van der Waals surface area contributed by atoms with Crippen molar-refractivity contribution in [2.24, 2.45) is 7.05 Å². The Morgan fingerprint density at radius 1 is 1.07 bits per heavy atom. The van der Waals surface area contributed by atoms with E-state index < -0.39 is 23.6 Å². The molecule has 0 saturated carbocycles. The average molecular weight is 461 g/mol. The second-order valence-electron chi connectivity index (χ2n) is 6.45. The summed E-state index contributed by atoms with van der Waals surface area (Å²) in [5.74, 6) is 1.06. The number of imidazole rings is 1. The summed E-state index contributed by atoms with van der Waals surface area (Å²) in [7, 11) is 1.64. The van der Waals surface area contributed by atoms with E-state index in [1.165, 1.54) is 17.8 Å². The predicted molar refractivity (Wildman–Crippen MR) is 106 cm³/mol. The van der Waals surface area contributed by atoms with E-state index in [0.717, 1.165) is 40.6 Å². The number of thiophene rings is 1. The third-order valence-electron chi connectivity index (χ3n) is 4.52. The van der Waals surface area contributed by atoms with Crippen molar-refractivity contribution in [3.8, 4) is 10.7 Å². The highest BCUT2D eigenvalue weighted by Gasteiger charge is 2.34. The van der Waals surface area contributed by atoms with Crippen LogP contribution in [0.3, 0.4) is 0 Å². The smallest absolute Gasteiger partial charge is 0.325 e. The largest absolute Gasteiger partial charge is 0.433 e. The van der Waals surface area contributed by atoms with E-state index >= 15 is 0 Å². The Morgan fingerprint density at radius 2 is 1.80 bits per heavy atom. The average Bonchev–Trinajstić information content (AvgIpc) is 3.18. The summed E-state index contributed by atoms with van der Waals surface area (Å²) in [6, 6.07) is 4.44. The van der Waals surface area contributed by atoms with Crippen LogP contribution in [0.5, 0.6) is 0 Å². The van der Waals surface area contributed by atoms with E-state index in [4.69, 9.17) is 0 Å². The third kappa shape index (κ3) is 3.53. The van der Waals surface area contributed by atoms with Gasteiger partial charge in [-0.15, -0.1) is 23.1 Å². The summed E-state index contributed by atoms with van der Waals surface area (Å²) in [6.07, 6.45) is -7.95. The fourth-order valence-electron chi connectivity index (χ4n) is 3.13. The maximum absolute atomic E-state index is 13.1. The van der Waals surface area contributed by atoms with Gasteiger partial charge in [0.1, 0.15) is 5.69 Å². The molecule has 11 heteroatoms. The number of rotatable bonds is 3. The van der Waals surface area contributed by atoms with Crippen molar-refractivity contribution in [3.05, 3.63) is 41.7 Å². The molecule has 4 aromatic rings. The maximum atomic E-state index is 13.1. The molecule has 0 fully saturated rings. The Labute approximate surface area is 174 Å². The second-order valence-corrected chi connectivity index (χ2v) is 8.78. The first kappa shape index (κ1) is 21.0. The van der Waals surface area contributed by atoms with Crippen LogP contribution < -0.4 is 0 Å². The Kier molecular flexibility index (Phi) is 5.00. The van der Waals surface area contributed by atoms with Crippen molar-refractivity contribution < 1.29 is 26.3 Å². The number of nitrogens with zero attached hydrogens (tertiary/aromatic N) is 3. The van der Waals surface area contributed by atoms with Crippen LogP contribution in [-0.2, 0) is 19.4 Å². The molecule has 0 radical (unpaired) electrons. The van der Waals surface area contributed by atoms with Gasteiger partial charge in [0.05, 0.1) is 27.7 Å². The zero-order chi connectivity index (χ0) is 21.8. The first-order valence-corrected chi connectivity index (χ1v) is 10.5. The zero-order valence-electron chi connectivity index (χ0n) is 15.5. The normalized spacial score (nSPS) is 12.9. The van der Waals surface area contributed by atoms with E-state index in [2.05, 4.69) is 9.97 Å². The van der Waals surface area contributed by atoms with Crippen LogP contribution in [0.25, 0.3) is 31.8 Å². The van der Waals surface area contributed by atoms with Gasteiger partial charge in [-0.3, -0.25) is 0 Å². The van der Waals surface area contributed by atoms with Gasteiger partial charge in [0.25, 0.3) is 0 Å². The fourth-order valence-corrected chi connectivity index (χ4v) is 5.50. The SMILES string of the molecule is CCSc1c(-c2nc3cc(C(F)(F)F)ncc3n2C)sc2cc(C(F)(F)F)ccc12. The summed E-state index contributed by atoms with van der Waals surface area (Å²) in [4.78, 5) is 9.21. The molecule has 0 saturated heterocycles. The molecular formula is C19H13F6N3S2. The van der Waals surface area contributed by atoms with Crippen LogP contribution in [0.15, 0.2) is 35.4 Å². The number of aryl methyl sites for hydroxylation is 1. The minimum absolute atomic E-state index is 0.121. The van der Waals surface area contributed by atoms with Gasteiger partial charge in [0, 0.05) is 22.0 Å². The number of fused-ring (bicyclic) bond motifs is 2. The number of benzene rings is 1. The molecule has 0 bridgehead atoms. The van der Waals surface area contributed by atoms with Crippen molar-refractivity contribution in [2.45, 2.75) is 24.2 Å². The van der Waals surface area contributed by atoms with Crippen LogP contribution in [0.4, 0.5) is 26.3 Å². The van der Waals surface area contributed by atoms with Gasteiger partial charge in [-0.1, -0.05) is 13.0 Å². The number of aromatic nitrogens is 3. The molecule has 0 N–H and O–H groups in total. The number of thioether (sulfide) groups is 1. The van der Waals surface area contributed by atoms with Crippen molar-refractivity contribution in [2.75, 3.05) is 5.75 Å². The first-order chi connectivity index (χ1) is 14.0. The molecule has 3 aromatic heterocycles. The van der Waals surface area contributed by atoms with E-state index in [0.29, 0.717) is 32.1 Å². The molecule has 0 aliphatic rings. The van der Waals surface area contributed by atoms with Gasteiger partial charge < -0.3 is 4.57 Å². The summed E-state index contributed by atoms with van der Waals surface area (Å²) in [6.45, 7) is 1.91. The van der Waals surface area contributed by atoms with Gasteiger partial charge in [0.2, 0.25) is 0 Å². The fraction of sp³-hybridized carbons (Fsp3) is 0.263. The van der Waals surface area contributed by atoms with Crippen molar-refractivity contribution >= 4 is 44.2 Å². The summed E-state index contributed by atoms with van der Waals surface area (Å²) in [5.41, 5.74) is -1.27. The van der Waals surface area contributed by atoms with Crippen molar-refractivity contribution in [3.63, 3.8) is 0 Å². The number of hydrogen-bond acceptors (Lipinski definition) is 4. The third-order valence-corrected chi connectivity index (χ3v) is 6.80. The number of pyridine rings is 1. The Bertz CT molecular complexity index is 1250. The molecule has 3 nitrogen and oxygen atoms in total. The minimum atomic E-state index is -4.60. The topological polar surface area (TPSA) is 30.7 Å². The summed E-state index contributed by atoms with van der Waals surface area (Å²) in [5, 5.41) is 0.663. The Hall–Kier alpha value is -2.27. The zero-order valence-corrected chi connectivity index (χ0v) is 17.2. The highest BCUT2D eigenvalue weighted by molar-refractivity contribution is 7.99. The number of alkyl halides is 6. The van der Waals surface area contributed by atoms with E-state index in [1.807, 2.05) is 6.92 Å². The Balaban J connectivity index is 1.94. The molecule has 0 spiro atoms. The molecule has 0 aliphatic heterocycles. The number of hydrogen-bond donors (Lipinski definition) is 0. The number of halogens is 6. The lowest BCUT2D eigenvalue weighted by molar-refractivity contribution is -0.141. The molecule has 1 aromatic carbocycles. The molecule has 158 valence electrons. The monoisotopic (exact) mass is 461 g/mol. The van der Waals surface area contributed by atoms with Gasteiger partial charge in [0.15, 0.2) is 5.82 Å². The summed E-state index contributed by atoms with van der Waals surface area (Å²) < 4.78 is 80.4. The summed E-state index contributed by atoms with van der Waals surface area (Å²) >= 11 is 2.59. The minimum Gasteiger partial charge on any atom is -0.325 e. The Morgan fingerprint density at radius 3 is 2.43 bits per heavy atom. The van der Waals surface area contributed by atoms with Gasteiger partial charge in [-0.05, 0) is 24.0 Å². The molecule has 30 heavy (non-hydrogen) atoms. The van der Waals surface area contributed by atoms with Crippen molar-refractivity contribution in [1.29, 1.82) is 0 Å². The van der Waals surface area contributed by atoms with Gasteiger partial charge >= 0.3 is 12.4 Å². The van der Waals surface area contributed by atoms with E-state index in [9.17, 15) is 26.3 Å². The van der Waals surface area contributed by atoms with Gasteiger partial charge in [-0.2, -0.15) is 26.3 Å². The molecule has 3 heterocycles. The van der Waals surface area contributed by atoms with Crippen LogP contribution in [0.1, 0.15) is 18.2 Å². The lowest BCUT2D eigenvalue weighted by Crippen LogP contribution is -2.07. The van der Waals surface area contributed by atoms with Crippen LogP contribution in [0.2, 0.25) is 0 Å². The van der Waals surface area contributed by atoms with Crippen LogP contribution in [-0.4, -0.2) is 20.3 Å². The molecule has 0 atom stereocenters. The first-order valence-electron chi connectivity index (χ1n) is 8.67. The van der Waals surface area contributed by atoms with Crippen LogP contribution >= 0.6 is 23.1 Å². The van der Waals surface area contributed by atoms with E-state index in [1.54, 1.807) is 11.6 Å². The van der Waals surface area contributed by atoms with Crippen molar-refractivity contribution in [1.82, 2.24) is 14.5 Å². The lowest BCUT2D eigenvalue weighted by Gasteiger charge is -2.06. The van der Waals surface area contributed by atoms with Gasteiger partial charge in [-0.25, -0.2) is 9.97 Å². The lowest BCUT2D eigenvalue weighted by atomic mass is 10.1. The quantitative estimate of drug-likeness (QED) is 0.243. The molecule has 0 unspecified atom stereocenters. The highest BCUT2D eigenvalue weighted by Crippen LogP contribution is 2.46. The second kappa shape index (κ2) is 7.16. The molecule has 4 rings (SSSR count). The maximum Gasteiger partial charge on any atom is 0.433 e. The predicted octanol–water partition coefficient (Wildman–Crippen LogP) is 7.00. The molecule has 0 amide bonds. The van der Waals surface area contributed by atoms with Crippen LogP contribution in [0, 0.1) is 0 Å².